The number of hydrogen-bond donors (Lipinski definition) is 1. The zero-order chi connectivity index (χ0) is 12.9. The fourth-order valence-corrected chi connectivity index (χ4v) is 1.82. The third kappa shape index (κ3) is 2.94. The normalized spacial score (nSPS) is 15.7. The van der Waals surface area contributed by atoms with Gasteiger partial charge in [0, 0.05) is 6.92 Å². The highest BCUT2D eigenvalue weighted by Crippen LogP contribution is 2.31. The Morgan fingerprint density at radius 1 is 1.53 bits per heavy atom. The van der Waals surface area contributed by atoms with E-state index in [0.717, 1.165) is 0 Å². The molecule has 0 heterocycles. The summed E-state index contributed by atoms with van der Waals surface area (Å²) >= 11 is 0. The maximum absolute atomic E-state index is 11.0. The van der Waals surface area contributed by atoms with Gasteiger partial charge in [-0.25, -0.2) is 0 Å². The first-order valence-electron chi connectivity index (χ1n) is 5.62. The quantitative estimate of drug-likeness (QED) is 0.628. The highest BCUT2D eigenvalue weighted by molar-refractivity contribution is 5.66. The molecule has 0 fully saturated rings. The van der Waals surface area contributed by atoms with Gasteiger partial charge < -0.3 is 9.84 Å². The smallest absolute Gasteiger partial charge is 0.303 e. The standard InChI is InChI=1S/C14H18O3/c1-4-13(17-11(3)15)14(16,5-2)12-9-7-6-8-10-12/h4,6-10,13,16H,1,5H2,2-3H3/t13-,14+/m1/s1. The van der Waals surface area contributed by atoms with Crippen molar-refractivity contribution in [1.29, 1.82) is 0 Å². The fourth-order valence-electron chi connectivity index (χ4n) is 1.82. The van der Waals surface area contributed by atoms with Crippen molar-refractivity contribution in [2.75, 3.05) is 0 Å². The second-order valence-electron chi connectivity index (χ2n) is 3.91. The van der Waals surface area contributed by atoms with Crippen LogP contribution in [-0.4, -0.2) is 17.2 Å². The van der Waals surface area contributed by atoms with Crippen LogP contribution in [0.3, 0.4) is 0 Å². The van der Waals surface area contributed by atoms with Crippen molar-refractivity contribution >= 4 is 5.97 Å². The van der Waals surface area contributed by atoms with E-state index >= 15 is 0 Å². The molecule has 0 unspecified atom stereocenters. The maximum Gasteiger partial charge on any atom is 0.303 e. The molecule has 0 bridgehead atoms. The van der Waals surface area contributed by atoms with E-state index < -0.39 is 17.7 Å². The molecule has 1 N–H and O–H groups in total. The van der Waals surface area contributed by atoms with Crippen molar-refractivity contribution in [1.82, 2.24) is 0 Å². The van der Waals surface area contributed by atoms with E-state index in [0.29, 0.717) is 12.0 Å². The fraction of sp³-hybridized carbons (Fsp3) is 0.357. The first-order valence-corrected chi connectivity index (χ1v) is 5.62. The third-order valence-electron chi connectivity index (χ3n) is 2.79. The molecule has 1 aromatic carbocycles. The minimum Gasteiger partial charge on any atom is -0.455 e. The number of esters is 1. The Balaban J connectivity index is 3.09. The lowest BCUT2D eigenvalue weighted by Crippen LogP contribution is -2.40. The Labute approximate surface area is 102 Å². The van der Waals surface area contributed by atoms with Crippen molar-refractivity contribution in [2.45, 2.75) is 32.0 Å². The Morgan fingerprint density at radius 2 is 2.12 bits per heavy atom. The van der Waals surface area contributed by atoms with Gasteiger partial charge in [-0.3, -0.25) is 4.79 Å². The van der Waals surface area contributed by atoms with Gasteiger partial charge in [0.1, 0.15) is 5.60 Å². The van der Waals surface area contributed by atoms with E-state index in [1.807, 2.05) is 37.3 Å². The van der Waals surface area contributed by atoms with E-state index in [2.05, 4.69) is 6.58 Å². The average molecular weight is 234 g/mol. The van der Waals surface area contributed by atoms with Crippen molar-refractivity contribution in [2.24, 2.45) is 0 Å². The molecule has 92 valence electrons. The number of hydrogen-bond acceptors (Lipinski definition) is 3. The SMILES string of the molecule is C=C[C@@H](OC(C)=O)[C@](O)(CC)c1ccccc1. The molecular formula is C14H18O3. The molecule has 0 aliphatic heterocycles. The largest absolute Gasteiger partial charge is 0.455 e. The van der Waals surface area contributed by atoms with Crippen LogP contribution in [0.5, 0.6) is 0 Å². The molecule has 0 saturated heterocycles. The van der Waals surface area contributed by atoms with Crippen LogP contribution in [0, 0.1) is 0 Å². The van der Waals surface area contributed by atoms with E-state index in [1.165, 1.54) is 13.0 Å². The molecule has 0 aliphatic rings. The summed E-state index contributed by atoms with van der Waals surface area (Å²) in [5.41, 5.74) is -0.511. The van der Waals surface area contributed by atoms with Crippen LogP contribution in [0.1, 0.15) is 25.8 Å². The van der Waals surface area contributed by atoms with E-state index in [9.17, 15) is 9.90 Å². The Hall–Kier alpha value is -1.61. The molecule has 0 saturated carbocycles. The molecule has 1 aromatic rings. The summed E-state index contributed by atoms with van der Waals surface area (Å²) in [5.74, 6) is -0.433. The van der Waals surface area contributed by atoms with Crippen LogP contribution in [0.25, 0.3) is 0 Å². The molecule has 1 rings (SSSR count). The van der Waals surface area contributed by atoms with Gasteiger partial charge in [-0.2, -0.15) is 0 Å². The molecule has 3 heteroatoms. The Morgan fingerprint density at radius 3 is 2.53 bits per heavy atom. The number of carbonyl (C=O) groups excluding carboxylic acids is 1. The lowest BCUT2D eigenvalue weighted by Gasteiger charge is -2.33. The van der Waals surface area contributed by atoms with Gasteiger partial charge in [0.05, 0.1) is 0 Å². The molecule has 0 spiro atoms. The molecular weight excluding hydrogens is 216 g/mol. The molecule has 0 aromatic heterocycles. The summed E-state index contributed by atoms with van der Waals surface area (Å²) in [6, 6.07) is 9.16. The van der Waals surface area contributed by atoms with Gasteiger partial charge in [-0.1, -0.05) is 43.8 Å². The van der Waals surface area contributed by atoms with E-state index in [-0.39, 0.29) is 0 Å². The second kappa shape index (κ2) is 5.64. The summed E-state index contributed by atoms with van der Waals surface area (Å²) in [4.78, 5) is 11.0. The minimum atomic E-state index is -1.23. The van der Waals surface area contributed by atoms with E-state index in [4.69, 9.17) is 4.74 Å². The van der Waals surface area contributed by atoms with Crippen molar-refractivity contribution < 1.29 is 14.6 Å². The summed E-state index contributed by atoms with van der Waals surface area (Å²) < 4.78 is 5.10. The first kappa shape index (κ1) is 13.5. The first-order chi connectivity index (χ1) is 8.04. The van der Waals surface area contributed by atoms with Gasteiger partial charge in [-0.15, -0.1) is 0 Å². The van der Waals surface area contributed by atoms with Gasteiger partial charge in [0.25, 0.3) is 0 Å². The predicted molar refractivity (Wildman–Crippen MR) is 66.4 cm³/mol. The second-order valence-corrected chi connectivity index (χ2v) is 3.91. The summed E-state index contributed by atoms with van der Waals surface area (Å²) in [6.45, 7) is 6.77. The molecule has 0 amide bonds. The van der Waals surface area contributed by atoms with Crippen LogP contribution in [0.2, 0.25) is 0 Å². The zero-order valence-corrected chi connectivity index (χ0v) is 10.2. The average Bonchev–Trinajstić information content (AvgIpc) is 2.35. The summed E-state index contributed by atoms with van der Waals surface area (Å²) in [6.07, 6.45) is 1.14. The lowest BCUT2D eigenvalue weighted by molar-refractivity contribution is -0.158. The number of benzene rings is 1. The minimum absolute atomic E-state index is 0.432. The molecule has 3 nitrogen and oxygen atoms in total. The topological polar surface area (TPSA) is 46.5 Å². The van der Waals surface area contributed by atoms with Gasteiger partial charge in [0.2, 0.25) is 0 Å². The molecule has 0 aliphatic carbocycles. The highest BCUT2D eigenvalue weighted by Gasteiger charge is 2.37. The van der Waals surface area contributed by atoms with Crippen LogP contribution in [0.15, 0.2) is 43.0 Å². The van der Waals surface area contributed by atoms with Crippen LogP contribution in [0.4, 0.5) is 0 Å². The Kier molecular flexibility index (Phi) is 4.46. The van der Waals surface area contributed by atoms with Crippen molar-refractivity contribution in [3.05, 3.63) is 48.6 Å². The molecule has 2 atom stereocenters. The van der Waals surface area contributed by atoms with Gasteiger partial charge in [0.15, 0.2) is 6.10 Å². The zero-order valence-electron chi connectivity index (χ0n) is 10.2. The summed E-state index contributed by atoms with van der Waals surface area (Å²) in [5, 5.41) is 10.7. The number of carbonyl (C=O) groups is 1. The van der Waals surface area contributed by atoms with Crippen molar-refractivity contribution in [3.8, 4) is 0 Å². The highest BCUT2D eigenvalue weighted by atomic mass is 16.6. The lowest BCUT2D eigenvalue weighted by atomic mass is 9.85. The maximum atomic E-state index is 11.0. The van der Waals surface area contributed by atoms with Gasteiger partial charge in [-0.05, 0) is 18.1 Å². The van der Waals surface area contributed by atoms with E-state index in [1.54, 1.807) is 0 Å². The monoisotopic (exact) mass is 234 g/mol. The molecule has 17 heavy (non-hydrogen) atoms. The van der Waals surface area contributed by atoms with Crippen LogP contribution in [-0.2, 0) is 15.1 Å². The van der Waals surface area contributed by atoms with Gasteiger partial charge >= 0.3 is 5.97 Å². The Bertz CT molecular complexity index is 386. The summed E-state index contributed by atoms with van der Waals surface area (Å²) in [7, 11) is 0. The molecule has 0 radical (unpaired) electrons. The van der Waals surface area contributed by atoms with Crippen molar-refractivity contribution in [3.63, 3.8) is 0 Å². The number of ether oxygens (including phenoxy) is 1. The van der Waals surface area contributed by atoms with Crippen LogP contribution < -0.4 is 0 Å². The third-order valence-corrected chi connectivity index (χ3v) is 2.79. The number of aliphatic hydroxyl groups is 1. The van der Waals surface area contributed by atoms with Crippen LogP contribution >= 0.6 is 0 Å². The number of rotatable bonds is 5. The predicted octanol–water partition coefficient (Wildman–Crippen LogP) is 2.40.